The highest BCUT2D eigenvalue weighted by molar-refractivity contribution is 5.48. The molecule has 0 fully saturated rings. The van der Waals surface area contributed by atoms with Crippen LogP contribution < -0.4 is 4.90 Å². The first-order chi connectivity index (χ1) is 5.86. The van der Waals surface area contributed by atoms with E-state index < -0.39 is 0 Å². The molecule has 3 nitrogen and oxygen atoms in total. The number of allylic oxidation sites excluding steroid dienone is 3. The first-order valence-corrected chi connectivity index (χ1v) is 3.60. The van der Waals surface area contributed by atoms with Crippen LogP contribution in [0, 0.1) is 0 Å². The van der Waals surface area contributed by atoms with Gasteiger partial charge in [-0.1, -0.05) is 11.7 Å². The highest BCUT2D eigenvalue weighted by Crippen LogP contribution is 2.17. The molecule has 0 saturated heterocycles. The molecule has 0 aromatic carbocycles. The summed E-state index contributed by atoms with van der Waals surface area (Å²) in [6.07, 6.45) is 9.18. The van der Waals surface area contributed by atoms with Crippen molar-refractivity contribution in [3.63, 3.8) is 0 Å². The molecule has 12 heavy (non-hydrogen) atoms. The van der Waals surface area contributed by atoms with Crippen molar-refractivity contribution in [2.24, 2.45) is 0 Å². The van der Waals surface area contributed by atoms with Gasteiger partial charge in [-0.25, -0.2) is 0 Å². The van der Waals surface area contributed by atoms with E-state index in [0.29, 0.717) is 5.88 Å². The molecule has 0 unspecified atom stereocenters. The molecule has 0 bridgehead atoms. The van der Waals surface area contributed by atoms with Gasteiger partial charge in [0.15, 0.2) is 0 Å². The van der Waals surface area contributed by atoms with E-state index >= 15 is 0 Å². The monoisotopic (exact) mass is 160 g/mol. The van der Waals surface area contributed by atoms with Gasteiger partial charge in [-0.3, -0.25) is 4.90 Å². The van der Waals surface area contributed by atoms with Crippen molar-refractivity contribution in [3.8, 4) is 0 Å². The molecule has 0 radical (unpaired) electrons. The molecule has 0 amide bonds. The summed E-state index contributed by atoms with van der Waals surface area (Å²) in [5.41, 5.74) is 0.978. The quantitative estimate of drug-likeness (QED) is 0.629. The molecular formula is C9H8N2O. The smallest absolute Gasteiger partial charge is 0.235 e. The number of aromatic nitrogens is 1. The second kappa shape index (κ2) is 2.70. The summed E-state index contributed by atoms with van der Waals surface area (Å²) >= 11 is 0. The zero-order valence-electron chi connectivity index (χ0n) is 6.47. The van der Waals surface area contributed by atoms with Gasteiger partial charge in [-0.05, 0) is 17.7 Å². The lowest BCUT2D eigenvalue weighted by atomic mass is 10.2. The van der Waals surface area contributed by atoms with E-state index in [1.807, 2.05) is 29.5 Å². The van der Waals surface area contributed by atoms with Crippen molar-refractivity contribution in [3.05, 3.63) is 49.0 Å². The van der Waals surface area contributed by atoms with Gasteiger partial charge in [0.1, 0.15) is 0 Å². The van der Waals surface area contributed by atoms with Gasteiger partial charge in [0.2, 0.25) is 5.88 Å². The van der Waals surface area contributed by atoms with Crippen molar-refractivity contribution in [1.29, 1.82) is 0 Å². The Morgan fingerprint density at radius 1 is 1.33 bits per heavy atom. The highest BCUT2D eigenvalue weighted by Gasteiger charge is 2.04. The Balaban J connectivity index is 2.23. The highest BCUT2D eigenvalue weighted by atomic mass is 16.5. The van der Waals surface area contributed by atoms with E-state index in [-0.39, 0.29) is 0 Å². The van der Waals surface area contributed by atoms with Gasteiger partial charge in [0.25, 0.3) is 0 Å². The van der Waals surface area contributed by atoms with Crippen molar-refractivity contribution in [1.82, 2.24) is 5.16 Å². The summed E-state index contributed by atoms with van der Waals surface area (Å²) in [6.45, 7) is 3.78. The second-order valence-corrected chi connectivity index (χ2v) is 2.46. The minimum Gasteiger partial charge on any atom is -0.338 e. The van der Waals surface area contributed by atoms with Crippen LogP contribution in [0.25, 0.3) is 0 Å². The molecule has 1 aliphatic rings. The standard InChI is InChI=1S/C9H8N2O/c1-8-3-6-11(7-4-8)9-2-5-10-12-9/h2-7H,1H2. The summed E-state index contributed by atoms with van der Waals surface area (Å²) in [7, 11) is 0. The van der Waals surface area contributed by atoms with E-state index in [9.17, 15) is 0 Å². The Kier molecular flexibility index (Phi) is 1.55. The largest absolute Gasteiger partial charge is 0.338 e. The molecule has 0 saturated carbocycles. The summed E-state index contributed by atoms with van der Waals surface area (Å²) in [5, 5.41) is 3.61. The van der Waals surface area contributed by atoms with Gasteiger partial charge in [0.05, 0.1) is 6.20 Å². The van der Waals surface area contributed by atoms with Crippen LogP contribution in [0.1, 0.15) is 0 Å². The summed E-state index contributed by atoms with van der Waals surface area (Å²) in [4.78, 5) is 1.84. The van der Waals surface area contributed by atoms with E-state index in [2.05, 4.69) is 11.7 Å². The number of hydrogen-bond acceptors (Lipinski definition) is 3. The van der Waals surface area contributed by atoms with Gasteiger partial charge >= 0.3 is 0 Å². The van der Waals surface area contributed by atoms with Crippen LogP contribution in [0.3, 0.4) is 0 Å². The summed E-state index contributed by atoms with van der Waals surface area (Å²) < 4.78 is 4.95. The number of nitrogens with zero attached hydrogens (tertiary/aromatic N) is 2. The first kappa shape index (κ1) is 6.91. The summed E-state index contributed by atoms with van der Waals surface area (Å²) in [5.74, 6) is 0.704. The van der Waals surface area contributed by atoms with Gasteiger partial charge in [-0.2, -0.15) is 0 Å². The van der Waals surface area contributed by atoms with Crippen LogP contribution in [0.4, 0.5) is 5.88 Å². The Morgan fingerprint density at radius 2 is 2.08 bits per heavy atom. The maximum atomic E-state index is 4.95. The molecule has 0 N–H and O–H groups in total. The normalized spacial score (nSPS) is 15.7. The third-order valence-electron chi connectivity index (χ3n) is 1.58. The van der Waals surface area contributed by atoms with Crippen LogP contribution in [-0.2, 0) is 0 Å². The van der Waals surface area contributed by atoms with Gasteiger partial charge in [-0.15, -0.1) is 0 Å². The first-order valence-electron chi connectivity index (χ1n) is 3.60. The maximum Gasteiger partial charge on any atom is 0.235 e. The fourth-order valence-corrected chi connectivity index (χ4v) is 0.947. The lowest BCUT2D eigenvalue weighted by Crippen LogP contribution is -2.08. The third-order valence-corrected chi connectivity index (χ3v) is 1.58. The molecule has 0 atom stereocenters. The minimum absolute atomic E-state index is 0.704. The zero-order chi connectivity index (χ0) is 8.39. The average Bonchev–Trinajstić information content (AvgIpc) is 2.58. The fraction of sp³-hybridized carbons (Fsp3) is 0. The summed E-state index contributed by atoms with van der Waals surface area (Å²) in [6, 6.07) is 1.79. The molecule has 1 aromatic rings. The van der Waals surface area contributed by atoms with Crippen LogP contribution >= 0.6 is 0 Å². The molecule has 3 heteroatoms. The molecule has 0 spiro atoms. The lowest BCUT2D eigenvalue weighted by molar-refractivity contribution is 0.427. The molecular weight excluding hydrogens is 152 g/mol. The maximum absolute atomic E-state index is 4.95. The number of anilines is 1. The average molecular weight is 160 g/mol. The van der Waals surface area contributed by atoms with Crippen molar-refractivity contribution >= 4 is 5.88 Å². The molecule has 1 aliphatic heterocycles. The van der Waals surface area contributed by atoms with Gasteiger partial charge in [0, 0.05) is 18.5 Å². The van der Waals surface area contributed by atoms with Crippen molar-refractivity contribution in [2.75, 3.05) is 4.90 Å². The van der Waals surface area contributed by atoms with Crippen molar-refractivity contribution < 1.29 is 4.52 Å². The zero-order valence-corrected chi connectivity index (χ0v) is 6.47. The topological polar surface area (TPSA) is 29.3 Å². The molecule has 2 rings (SSSR count). The van der Waals surface area contributed by atoms with Crippen LogP contribution in [0.15, 0.2) is 53.5 Å². The molecule has 2 heterocycles. The molecule has 60 valence electrons. The van der Waals surface area contributed by atoms with Crippen LogP contribution in [-0.4, -0.2) is 5.16 Å². The fourth-order valence-electron chi connectivity index (χ4n) is 0.947. The number of hydrogen-bond donors (Lipinski definition) is 0. The lowest BCUT2D eigenvalue weighted by Gasteiger charge is -2.13. The molecule has 1 aromatic heterocycles. The minimum atomic E-state index is 0.704. The van der Waals surface area contributed by atoms with Crippen molar-refractivity contribution in [2.45, 2.75) is 0 Å². The Hall–Kier alpha value is -1.77. The van der Waals surface area contributed by atoms with E-state index in [4.69, 9.17) is 4.52 Å². The van der Waals surface area contributed by atoms with Crippen LogP contribution in [0.2, 0.25) is 0 Å². The Bertz CT molecular complexity index is 319. The number of rotatable bonds is 1. The second-order valence-electron chi connectivity index (χ2n) is 2.46. The Labute approximate surface area is 70.3 Å². The predicted molar refractivity (Wildman–Crippen MR) is 46.4 cm³/mol. The van der Waals surface area contributed by atoms with Crippen LogP contribution in [0.5, 0.6) is 0 Å². The SMILES string of the molecule is C=C1C=CN(c2ccno2)C=C1. The Morgan fingerprint density at radius 3 is 2.67 bits per heavy atom. The van der Waals surface area contributed by atoms with E-state index in [1.165, 1.54) is 0 Å². The van der Waals surface area contributed by atoms with E-state index in [1.54, 1.807) is 12.3 Å². The molecule has 0 aliphatic carbocycles. The third kappa shape index (κ3) is 1.16. The predicted octanol–water partition coefficient (Wildman–Crippen LogP) is 2.08. The van der Waals surface area contributed by atoms with E-state index in [0.717, 1.165) is 5.57 Å². The van der Waals surface area contributed by atoms with Gasteiger partial charge < -0.3 is 4.52 Å².